The number of aromatic nitrogens is 1. The summed E-state index contributed by atoms with van der Waals surface area (Å²) in [5.41, 5.74) is 1.72. The molecule has 6 heteroatoms. The second-order valence-corrected chi connectivity index (χ2v) is 8.38. The number of rotatable bonds is 4. The smallest absolute Gasteiger partial charge is 0.142 e. The van der Waals surface area contributed by atoms with Crippen LogP contribution in [0.1, 0.15) is 30.5 Å². The molecule has 2 fully saturated rings. The van der Waals surface area contributed by atoms with E-state index < -0.39 is 0 Å². The van der Waals surface area contributed by atoms with E-state index in [1.165, 1.54) is 18.4 Å². The monoisotopic (exact) mass is 409 g/mol. The lowest BCUT2D eigenvalue weighted by Gasteiger charge is -2.38. The third kappa shape index (κ3) is 5.08. The van der Waals surface area contributed by atoms with Gasteiger partial charge in [-0.3, -0.25) is 9.80 Å². The first kappa shape index (κ1) is 20.2. The molecular formula is C23H28ClN5. The Hall–Kier alpha value is -2.13. The van der Waals surface area contributed by atoms with Crippen LogP contribution in [0.15, 0.2) is 42.5 Å². The summed E-state index contributed by atoms with van der Waals surface area (Å²) in [6.45, 7) is 7.38. The largest absolute Gasteiger partial charge is 0.355 e. The molecule has 5 nitrogen and oxygen atoms in total. The Balaban J connectivity index is 1.29. The molecule has 0 radical (unpaired) electrons. The van der Waals surface area contributed by atoms with Gasteiger partial charge in [-0.1, -0.05) is 35.9 Å². The van der Waals surface area contributed by atoms with Gasteiger partial charge in [-0.2, -0.15) is 5.26 Å². The predicted octanol–water partition coefficient (Wildman–Crippen LogP) is 3.78. The minimum Gasteiger partial charge on any atom is -0.355 e. The molecule has 0 spiro atoms. The summed E-state index contributed by atoms with van der Waals surface area (Å²) in [6, 6.07) is 16.7. The van der Waals surface area contributed by atoms with Gasteiger partial charge in [-0.05, 0) is 56.1 Å². The molecule has 2 saturated heterocycles. The maximum absolute atomic E-state index is 9.11. The van der Waals surface area contributed by atoms with Crippen LogP contribution in [0.4, 0.5) is 5.82 Å². The first-order chi connectivity index (χ1) is 14.2. The molecule has 0 aliphatic carbocycles. The van der Waals surface area contributed by atoms with E-state index in [0.717, 1.165) is 63.1 Å². The van der Waals surface area contributed by atoms with Crippen molar-refractivity contribution in [2.45, 2.75) is 31.8 Å². The molecule has 0 saturated carbocycles. The molecular weight excluding hydrogens is 382 g/mol. The second kappa shape index (κ2) is 9.58. The summed E-state index contributed by atoms with van der Waals surface area (Å²) in [5, 5.41) is 9.98. The minimum atomic E-state index is 0.495. The Morgan fingerprint density at radius 3 is 2.59 bits per heavy atom. The number of hydrogen-bond acceptors (Lipinski definition) is 5. The van der Waals surface area contributed by atoms with Gasteiger partial charge in [0, 0.05) is 43.8 Å². The Bertz CT molecular complexity index is 856. The van der Waals surface area contributed by atoms with Crippen molar-refractivity contribution < 1.29 is 0 Å². The molecule has 3 heterocycles. The number of anilines is 1. The molecule has 1 aromatic heterocycles. The van der Waals surface area contributed by atoms with Gasteiger partial charge in [0.2, 0.25) is 0 Å². The van der Waals surface area contributed by atoms with Gasteiger partial charge < -0.3 is 4.90 Å². The fourth-order valence-corrected chi connectivity index (χ4v) is 4.70. The topological polar surface area (TPSA) is 46.4 Å². The molecule has 0 amide bonds. The molecule has 1 aromatic carbocycles. The highest BCUT2D eigenvalue weighted by Gasteiger charge is 2.26. The SMILES string of the molecule is N#Cc1cccc(N2CCCN(C3CCN(Cc4ccccc4Cl)CC3)CC2)n1. The van der Waals surface area contributed by atoms with E-state index in [9.17, 15) is 0 Å². The van der Waals surface area contributed by atoms with E-state index in [4.69, 9.17) is 16.9 Å². The van der Waals surface area contributed by atoms with E-state index in [-0.39, 0.29) is 0 Å². The van der Waals surface area contributed by atoms with Crippen LogP contribution in [0, 0.1) is 11.3 Å². The molecule has 0 N–H and O–H groups in total. The highest BCUT2D eigenvalue weighted by Crippen LogP contribution is 2.23. The second-order valence-electron chi connectivity index (χ2n) is 7.97. The third-order valence-electron chi connectivity index (χ3n) is 6.13. The van der Waals surface area contributed by atoms with Gasteiger partial charge in [0.1, 0.15) is 17.6 Å². The number of nitriles is 1. The molecule has 0 bridgehead atoms. The van der Waals surface area contributed by atoms with Crippen LogP contribution in [0.25, 0.3) is 0 Å². The van der Waals surface area contributed by atoms with Gasteiger partial charge in [-0.15, -0.1) is 0 Å². The summed E-state index contributed by atoms with van der Waals surface area (Å²) in [6.07, 6.45) is 3.57. The van der Waals surface area contributed by atoms with E-state index in [1.807, 2.05) is 24.3 Å². The van der Waals surface area contributed by atoms with Crippen molar-refractivity contribution in [3.05, 3.63) is 58.7 Å². The van der Waals surface area contributed by atoms with Crippen LogP contribution >= 0.6 is 11.6 Å². The highest BCUT2D eigenvalue weighted by molar-refractivity contribution is 6.31. The van der Waals surface area contributed by atoms with Gasteiger partial charge in [-0.25, -0.2) is 4.98 Å². The van der Waals surface area contributed by atoms with Crippen LogP contribution in [0.5, 0.6) is 0 Å². The molecule has 2 aliphatic rings. The summed E-state index contributed by atoms with van der Waals surface area (Å²) < 4.78 is 0. The fourth-order valence-electron chi connectivity index (χ4n) is 4.50. The number of likely N-dealkylation sites (tertiary alicyclic amines) is 1. The van der Waals surface area contributed by atoms with Crippen LogP contribution in [0.2, 0.25) is 5.02 Å². The van der Waals surface area contributed by atoms with E-state index in [1.54, 1.807) is 6.07 Å². The van der Waals surface area contributed by atoms with Crippen molar-refractivity contribution in [2.24, 2.45) is 0 Å². The maximum Gasteiger partial charge on any atom is 0.142 e. The number of piperidine rings is 1. The fraction of sp³-hybridized carbons (Fsp3) is 0.478. The number of halogens is 1. The molecule has 2 aromatic rings. The molecule has 0 unspecified atom stereocenters. The number of hydrogen-bond donors (Lipinski definition) is 0. The summed E-state index contributed by atoms with van der Waals surface area (Å²) in [5.74, 6) is 0.931. The first-order valence-electron chi connectivity index (χ1n) is 10.5. The van der Waals surface area contributed by atoms with E-state index >= 15 is 0 Å². The zero-order chi connectivity index (χ0) is 20.1. The van der Waals surface area contributed by atoms with Crippen molar-refractivity contribution in [3.8, 4) is 6.07 Å². The number of pyridine rings is 1. The Labute approximate surface area is 178 Å². The van der Waals surface area contributed by atoms with Crippen LogP contribution < -0.4 is 4.90 Å². The first-order valence-corrected chi connectivity index (χ1v) is 10.9. The van der Waals surface area contributed by atoms with Gasteiger partial charge in [0.15, 0.2) is 0 Å². The normalized spacial score (nSPS) is 19.7. The summed E-state index contributed by atoms with van der Waals surface area (Å²) in [4.78, 5) is 12.0. The highest BCUT2D eigenvalue weighted by atomic mass is 35.5. The summed E-state index contributed by atoms with van der Waals surface area (Å²) >= 11 is 6.33. The number of benzene rings is 1. The predicted molar refractivity (Wildman–Crippen MR) is 117 cm³/mol. The van der Waals surface area contributed by atoms with Crippen molar-refractivity contribution in [2.75, 3.05) is 44.2 Å². The van der Waals surface area contributed by atoms with E-state index in [0.29, 0.717) is 11.7 Å². The molecule has 152 valence electrons. The van der Waals surface area contributed by atoms with Crippen molar-refractivity contribution in [3.63, 3.8) is 0 Å². The lowest BCUT2D eigenvalue weighted by atomic mass is 10.0. The molecule has 2 aliphatic heterocycles. The van der Waals surface area contributed by atoms with Crippen LogP contribution in [-0.4, -0.2) is 60.1 Å². The van der Waals surface area contributed by atoms with Gasteiger partial charge in [0.05, 0.1) is 0 Å². The van der Waals surface area contributed by atoms with Crippen LogP contribution in [0.3, 0.4) is 0 Å². The van der Waals surface area contributed by atoms with Crippen molar-refractivity contribution in [1.29, 1.82) is 5.26 Å². The van der Waals surface area contributed by atoms with Crippen molar-refractivity contribution >= 4 is 17.4 Å². The van der Waals surface area contributed by atoms with Crippen molar-refractivity contribution in [1.82, 2.24) is 14.8 Å². The lowest BCUT2D eigenvalue weighted by molar-refractivity contribution is 0.110. The quantitative estimate of drug-likeness (QED) is 0.768. The molecule has 4 rings (SSSR count). The minimum absolute atomic E-state index is 0.495. The Kier molecular flexibility index (Phi) is 6.66. The van der Waals surface area contributed by atoms with Gasteiger partial charge in [0.25, 0.3) is 0 Å². The van der Waals surface area contributed by atoms with E-state index in [2.05, 4.69) is 37.9 Å². The van der Waals surface area contributed by atoms with Gasteiger partial charge >= 0.3 is 0 Å². The standard InChI is InChI=1S/C23H28ClN5/c24-22-7-2-1-5-19(22)18-27-13-9-21(10-14-27)28-11-4-12-29(16-15-28)23-8-3-6-20(17-25)26-23/h1-3,5-8,21H,4,9-16,18H2. The maximum atomic E-state index is 9.11. The Morgan fingerprint density at radius 2 is 1.79 bits per heavy atom. The molecule has 0 atom stereocenters. The lowest BCUT2D eigenvalue weighted by Crippen LogP contribution is -2.46. The molecule has 29 heavy (non-hydrogen) atoms. The summed E-state index contributed by atoms with van der Waals surface area (Å²) in [7, 11) is 0. The number of nitrogens with zero attached hydrogens (tertiary/aromatic N) is 5. The zero-order valence-electron chi connectivity index (χ0n) is 16.8. The zero-order valence-corrected chi connectivity index (χ0v) is 17.6. The Morgan fingerprint density at radius 1 is 0.966 bits per heavy atom. The average Bonchev–Trinajstić information content (AvgIpc) is 3.02. The third-order valence-corrected chi connectivity index (χ3v) is 6.50. The van der Waals surface area contributed by atoms with Crippen LogP contribution in [-0.2, 0) is 6.54 Å². The average molecular weight is 410 g/mol.